The summed E-state index contributed by atoms with van der Waals surface area (Å²) in [6, 6.07) is 2.27. The Morgan fingerprint density at radius 2 is 2.38 bits per heavy atom. The van der Waals surface area contributed by atoms with Crippen molar-refractivity contribution in [3.63, 3.8) is 0 Å². The van der Waals surface area contributed by atoms with E-state index in [0.29, 0.717) is 0 Å². The van der Waals surface area contributed by atoms with E-state index in [-0.39, 0.29) is 5.54 Å². The normalized spacial score (nSPS) is 26.9. The Balaban J connectivity index is 2.30. The molecule has 0 amide bonds. The monoisotopic (exact) mass is 194 g/mol. The quantitative estimate of drug-likeness (QED) is 0.477. The lowest BCUT2D eigenvalue weighted by Gasteiger charge is -2.28. The number of likely N-dealkylation sites (N-methyl/N-ethyl adjacent to an activating group) is 1. The van der Waals surface area contributed by atoms with Crippen molar-refractivity contribution < 1.29 is 4.58 Å². The van der Waals surface area contributed by atoms with Crippen LogP contribution in [-0.4, -0.2) is 23.9 Å². The van der Waals surface area contributed by atoms with Gasteiger partial charge < -0.3 is 0 Å². The third-order valence-corrected chi connectivity index (χ3v) is 4.20. The van der Waals surface area contributed by atoms with Crippen molar-refractivity contribution >= 4 is 18.1 Å². The summed E-state index contributed by atoms with van der Waals surface area (Å²) >= 11 is 1.89. The van der Waals surface area contributed by atoms with Crippen LogP contribution in [0.5, 0.6) is 0 Å². The Hall–Kier alpha value is -0.630. The molecule has 1 aliphatic rings. The maximum absolute atomic E-state index is 4.03. The highest BCUT2D eigenvalue weighted by molar-refractivity contribution is 7.10. The van der Waals surface area contributed by atoms with Gasteiger partial charge in [-0.25, -0.2) is 4.58 Å². The minimum atomic E-state index is 0.276. The number of fused-ring (bicyclic) bond motifs is 1. The van der Waals surface area contributed by atoms with Gasteiger partial charge in [-0.05, 0) is 23.4 Å². The zero-order valence-corrected chi connectivity index (χ0v) is 9.16. The summed E-state index contributed by atoms with van der Waals surface area (Å²) in [5.41, 5.74) is 1.84. The molecule has 13 heavy (non-hydrogen) atoms. The maximum atomic E-state index is 4.03. The largest absolute Gasteiger partial charge is 0.240 e. The molecule has 1 atom stereocenters. The zero-order valence-electron chi connectivity index (χ0n) is 8.34. The van der Waals surface area contributed by atoms with Gasteiger partial charge in [0.1, 0.15) is 13.8 Å². The number of thiophene rings is 1. The van der Waals surface area contributed by atoms with Crippen LogP contribution < -0.4 is 0 Å². The fraction of sp³-hybridized carbons (Fsp3) is 0.545. The molecular formula is C11H16NS+. The highest BCUT2D eigenvalue weighted by Crippen LogP contribution is 2.33. The highest BCUT2D eigenvalue weighted by atomic mass is 32.1. The topological polar surface area (TPSA) is 3.01 Å². The van der Waals surface area contributed by atoms with Gasteiger partial charge in [-0.3, -0.25) is 0 Å². The first-order chi connectivity index (χ1) is 6.12. The van der Waals surface area contributed by atoms with Crippen LogP contribution in [0.3, 0.4) is 0 Å². The number of hydrogen-bond donors (Lipinski definition) is 0. The minimum absolute atomic E-state index is 0.276. The first kappa shape index (κ1) is 8.95. The molecule has 0 radical (unpaired) electrons. The minimum Gasteiger partial charge on any atom is -0.240 e. The molecule has 1 aromatic rings. The van der Waals surface area contributed by atoms with Crippen LogP contribution in [0, 0.1) is 0 Å². The molecule has 1 aliphatic carbocycles. The zero-order chi connectivity index (χ0) is 9.47. The van der Waals surface area contributed by atoms with Gasteiger partial charge in [0.15, 0.2) is 5.54 Å². The molecule has 1 nitrogen and oxygen atoms in total. The van der Waals surface area contributed by atoms with E-state index in [2.05, 4.69) is 36.7 Å². The average molecular weight is 194 g/mol. The Bertz CT molecular complexity index is 340. The first-order valence-corrected chi connectivity index (χ1v) is 5.59. The Morgan fingerprint density at radius 1 is 1.62 bits per heavy atom. The molecule has 0 fully saturated rings. The molecule has 1 heterocycles. The van der Waals surface area contributed by atoms with Crippen molar-refractivity contribution in [2.75, 3.05) is 7.05 Å². The van der Waals surface area contributed by atoms with E-state index in [0.717, 1.165) is 0 Å². The lowest BCUT2D eigenvalue weighted by Crippen LogP contribution is -2.41. The van der Waals surface area contributed by atoms with Crippen molar-refractivity contribution in [2.24, 2.45) is 0 Å². The molecule has 2 rings (SSSR count). The SMILES string of the molecule is C=[N+](C)C1(C)CCc2ccsc2C1. The summed E-state index contributed by atoms with van der Waals surface area (Å²) in [6.45, 7) is 6.34. The van der Waals surface area contributed by atoms with Gasteiger partial charge in [0.25, 0.3) is 0 Å². The van der Waals surface area contributed by atoms with E-state index in [1.807, 2.05) is 11.3 Å². The van der Waals surface area contributed by atoms with Crippen molar-refractivity contribution in [2.45, 2.75) is 31.7 Å². The van der Waals surface area contributed by atoms with Crippen LogP contribution >= 0.6 is 11.3 Å². The van der Waals surface area contributed by atoms with Gasteiger partial charge in [0.05, 0.1) is 0 Å². The van der Waals surface area contributed by atoms with Crippen LogP contribution in [0.15, 0.2) is 11.4 Å². The van der Waals surface area contributed by atoms with Crippen LogP contribution in [0.1, 0.15) is 23.8 Å². The maximum Gasteiger partial charge on any atom is 0.163 e. The van der Waals surface area contributed by atoms with Gasteiger partial charge >= 0.3 is 0 Å². The highest BCUT2D eigenvalue weighted by Gasteiger charge is 2.37. The third kappa shape index (κ3) is 1.44. The van der Waals surface area contributed by atoms with Crippen molar-refractivity contribution in [3.05, 3.63) is 21.9 Å². The molecule has 0 aromatic carbocycles. The number of nitrogens with zero attached hydrogens (tertiary/aromatic N) is 1. The standard InChI is InChI=1S/C11H16NS/c1-11(12(2)3)6-4-9-5-7-13-10(9)8-11/h5,7H,2,4,6,8H2,1,3H3/q+1. The van der Waals surface area contributed by atoms with E-state index in [4.69, 9.17) is 0 Å². The number of aryl methyl sites for hydroxylation is 1. The Morgan fingerprint density at radius 3 is 3.08 bits per heavy atom. The average Bonchev–Trinajstić information content (AvgIpc) is 2.50. The molecule has 70 valence electrons. The van der Waals surface area contributed by atoms with Gasteiger partial charge in [-0.1, -0.05) is 0 Å². The predicted molar refractivity (Wildman–Crippen MR) is 58.1 cm³/mol. The Labute approximate surface area is 83.7 Å². The molecular weight excluding hydrogens is 178 g/mol. The summed E-state index contributed by atoms with van der Waals surface area (Å²) in [6.07, 6.45) is 3.62. The first-order valence-electron chi connectivity index (χ1n) is 4.71. The smallest absolute Gasteiger partial charge is 0.163 e. The molecule has 1 unspecified atom stereocenters. The van der Waals surface area contributed by atoms with E-state index in [1.54, 1.807) is 10.4 Å². The third-order valence-electron chi connectivity index (χ3n) is 3.23. The summed E-state index contributed by atoms with van der Waals surface area (Å²) < 4.78 is 2.12. The van der Waals surface area contributed by atoms with Crippen molar-refractivity contribution in [3.8, 4) is 0 Å². The molecule has 0 aliphatic heterocycles. The molecule has 0 saturated carbocycles. The fourth-order valence-corrected chi connectivity index (χ4v) is 3.02. The van der Waals surface area contributed by atoms with Gasteiger partial charge in [-0.2, -0.15) is 0 Å². The van der Waals surface area contributed by atoms with Gasteiger partial charge in [0.2, 0.25) is 0 Å². The van der Waals surface area contributed by atoms with Crippen LogP contribution in [0.25, 0.3) is 0 Å². The Kier molecular flexibility index (Phi) is 2.03. The van der Waals surface area contributed by atoms with Crippen molar-refractivity contribution in [1.82, 2.24) is 0 Å². The summed E-state index contributed by atoms with van der Waals surface area (Å²) in [7, 11) is 2.08. The molecule has 0 bridgehead atoms. The van der Waals surface area contributed by atoms with Crippen LogP contribution in [0.2, 0.25) is 0 Å². The van der Waals surface area contributed by atoms with E-state index >= 15 is 0 Å². The summed E-state index contributed by atoms with van der Waals surface area (Å²) in [5.74, 6) is 0. The van der Waals surface area contributed by atoms with Crippen molar-refractivity contribution in [1.29, 1.82) is 0 Å². The summed E-state index contributed by atoms with van der Waals surface area (Å²) in [5, 5.41) is 2.21. The number of hydrogen-bond acceptors (Lipinski definition) is 1. The van der Waals surface area contributed by atoms with Crippen LogP contribution in [-0.2, 0) is 12.8 Å². The predicted octanol–water partition coefficient (Wildman–Crippen LogP) is 2.34. The van der Waals surface area contributed by atoms with E-state index in [9.17, 15) is 0 Å². The summed E-state index contributed by atoms with van der Waals surface area (Å²) in [4.78, 5) is 1.56. The van der Waals surface area contributed by atoms with Gasteiger partial charge in [0, 0.05) is 24.6 Å². The second kappa shape index (κ2) is 2.95. The molecule has 0 saturated heterocycles. The lowest BCUT2D eigenvalue weighted by molar-refractivity contribution is -0.573. The van der Waals surface area contributed by atoms with Gasteiger partial charge in [-0.15, -0.1) is 11.3 Å². The molecule has 0 N–H and O–H groups in total. The fourth-order valence-electron chi connectivity index (χ4n) is 1.91. The molecule has 0 spiro atoms. The second-order valence-electron chi connectivity index (χ2n) is 4.24. The molecule has 2 heteroatoms. The lowest BCUT2D eigenvalue weighted by atomic mass is 9.83. The van der Waals surface area contributed by atoms with E-state index in [1.165, 1.54) is 19.3 Å². The van der Waals surface area contributed by atoms with E-state index < -0.39 is 0 Å². The van der Waals surface area contributed by atoms with Crippen LogP contribution in [0.4, 0.5) is 0 Å². The second-order valence-corrected chi connectivity index (χ2v) is 5.24. The molecule has 1 aromatic heterocycles. The number of rotatable bonds is 1.